The number of amides is 2. The molecule has 1 atom stereocenters. The van der Waals surface area contributed by atoms with Gasteiger partial charge in [-0.15, -0.1) is 0 Å². The third-order valence-corrected chi connectivity index (χ3v) is 5.28. The number of carboxylic acids is 1. The third-order valence-electron chi connectivity index (χ3n) is 5.28. The summed E-state index contributed by atoms with van der Waals surface area (Å²) in [4.78, 5) is 35.7. The SMILES string of the molecule is CC(C)(C)OC(=O)NCCCn1cc(C(=O)Nc2ccc(OC[C@@](O)(C(=O)O)C(C)(C)C)cc2)cn1. The van der Waals surface area contributed by atoms with Crippen LogP contribution in [0, 0.1) is 5.41 Å². The van der Waals surface area contributed by atoms with Gasteiger partial charge in [0.25, 0.3) is 5.91 Å². The number of hydrogen-bond acceptors (Lipinski definition) is 7. The van der Waals surface area contributed by atoms with E-state index in [2.05, 4.69) is 15.7 Å². The molecular formula is C25H36N4O7. The van der Waals surface area contributed by atoms with Crippen LogP contribution in [0.15, 0.2) is 36.7 Å². The van der Waals surface area contributed by atoms with Crippen molar-refractivity contribution in [3.8, 4) is 5.75 Å². The Labute approximate surface area is 210 Å². The topological polar surface area (TPSA) is 152 Å². The minimum Gasteiger partial charge on any atom is -0.490 e. The van der Waals surface area contributed by atoms with Crippen molar-refractivity contribution in [2.75, 3.05) is 18.5 Å². The first-order chi connectivity index (χ1) is 16.6. The Hall–Kier alpha value is -3.60. The molecule has 0 aliphatic carbocycles. The van der Waals surface area contributed by atoms with Crippen molar-refractivity contribution < 1.29 is 34.1 Å². The van der Waals surface area contributed by atoms with E-state index < -0.39 is 35.3 Å². The van der Waals surface area contributed by atoms with E-state index in [1.807, 2.05) is 0 Å². The van der Waals surface area contributed by atoms with E-state index in [1.54, 1.807) is 76.7 Å². The molecule has 1 aromatic heterocycles. The molecule has 1 heterocycles. The lowest BCUT2D eigenvalue weighted by atomic mass is 9.77. The van der Waals surface area contributed by atoms with E-state index in [9.17, 15) is 24.6 Å². The summed E-state index contributed by atoms with van der Waals surface area (Å²) in [7, 11) is 0. The summed E-state index contributed by atoms with van der Waals surface area (Å²) in [5.74, 6) is -1.36. The average Bonchev–Trinajstić information content (AvgIpc) is 3.23. The number of anilines is 1. The zero-order valence-electron chi connectivity index (χ0n) is 21.6. The number of nitrogens with one attached hydrogen (secondary N) is 2. The predicted molar refractivity (Wildman–Crippen MR) is 133 cm³/mol. The molecule has 198 valence electrons. The Balaban J connectivity index is 1.84. The van der Waals surface area contributed by atoms with Crippen LogP contribution in [-0.4, -0.2) is 62.3 Å². The molecule has 11 nitrogen and oxygen atoms in total. The molecule has 0 aliphatic rings. The second-order valence-corrected chi connectivity index (χ2v) is 10.5. The number of carbonyl (C=O) groups excluding carboxylic acids is 2. The molecule has 2 rings (SSSR count). The number of carboxylic acid groups (broad SMARTS) is 1. The van der Waals surface area contributed by atoms with Crippen molar-refractivity contribution in [1.82, 2.24) is 15.1 Å². The maximum absolute atomic E-state index is 12.5. The maximum atomic E-state index is 12.5. The van der Waals surface area contributed by atoms with Crippen LogP contribution in [0.1, 0.15) is 58.3 Å². The lowest BCUT2D eigenvalue weighted by Gasteiger charge is -2.35. The molecule has 4 N–H and O–H groups in total. The molecule has 0 bridgehead atoms. The lowest BCUT2D eigenvalue weighted by Crippen LogP contribution is -2.54. The number of nitrogens with zero attached hydrogens (tertiary/aromatic N) is 2. The summed E-state index contributed by atoms with van der Waals surface area (Å²) in [6.07, 6.45) is 3.19. The highest BCUT2D eigenvalue weighted by molar-refractivity contribution is 6.03. The van der Waals surface area contributed by atoms with Crippen LogP contribution in [0.5, 0.6) is 5.75 Å². The van der Waals surface area contributed by atoms with Gasteiger partial charge in [-0.05, 0) is 51.5 Å². The van der Waals surface area contributed by atoms with E-state index in [0.29, 0.717) is 36.5 Å². The number of carbonyl (C=O) groups is 3. The van der Waals surface area contributed by atoms with Crippen LogP contribution in [0.3, 0.4) is 0 Å². The number of alkyl carbamates (subject to hydrolysis) is 1. The fourth-order valence-corrected chi connectivity index (χ4v) is 2.97. The van der Waals surface area contributed by atoms with E-state index in [0.717, 1.165) is 0 Å². The van der Waals surface area contributed by atoms with Crippen molar-refractivity contribution in [1.29, 1.82) is 0 Å². The molecule has 2 aromatic rings. The number of benzene rings is 1. The lowest BCUT2D eigenvalue weighted by molar-refractivity contribution is -0.176. The standard InChI is InChI=1S/C25H36N4O7/c1-23(2,3)25(34,21(31)32)16-35-19-10-8-18(9-11-19)28-20(30)17-14-27-29(15-17)13-7-12-26-22(33)36-24(4,5)6/h8-11,14-15,34H,7,12-13,16H2,1-6H3,(H,26,33)(H,28,30)(H,31,32)/t25-/m1/s1. The highest BCUT2D eigenvalue weighted by Gasteiger charge is 2.48. The summed E-state index contributed by atoms with van der Waals surface area (Å²) in [6.45, 7) is 10.7. The molecule has 2 amide bonds. The summed E-state index contributed by atoms with van der Waals surface area (Å²) in [5.41, 5.74) is -2.69. The van der Waals surface area contributed by atoms with Gasteiger partial charge < -0.3 is 30.3 Å². The highest BCUT2D eigenvalue weighted by Crippen LogP contribution is 2.31. The normalized spacial score (nSPS) is 13.4. The Morgan fingerprint density at radius 3 is 2.25 bits per heavy atom. The van der Waals surface area contributed by atoms with Gasteiger partial charge in [-0.3, -0.25) is 9.48 Å². The van der Waals surface area contributed by atoms with Crippen molar-refractivity contribution in [3.05, 3.63) is 42.2 Å². The molecule has 0 aliphatic heterocycles. The van der Waals surface area contributed by atoms with Gasteiger partial charge in [0.05, 0.1) is 11.8 Å². The molecule has 0 saturated carbocycles. The number of ether oxygens (including phenoxy) is 2. The minimum absolute atomic E-state index is 0.352. The number of aliphatic hydroxyl groups is 1. The van der Waals surface area contributed by atoms with Crippen molar-refractivity contribution >= 4 is 23.7 Å². The van der Waals surface area contributed by atoms with Gasteiger partial charge in [0.2, 0.25) is 5.60 Å². The summed E-state index contributed by atoms with van der Waals surface area (Å²) in [6, 6.07) is 6.36. The van der Waals surface area contributed by atoms with Crippen molar-refractivity contribution in [3.63, 3.8) is 0 Å². The van der Waals surface area contributed by atoms with E-state index in [1.165, 1.54) is 6.20 Å². The number of rotatable bonds is 10. The maximum Gasteiger partial charge on any atom is 0.407 e. The Bertz CT molecular complexity index is 1050. The molecule has 0 unspecified atom stereocenters. The smallest absolute Gasteiger partial charge is 0.407 e. The monoisotopic (exact) mass is 504 g/mol. The van der Waals surface area contributed by atoms with Gasteiger partial charge >= 0.3 is 12.1 Å². The van der Waals surface area contributed by atoms with Crippen molar-refractivity contribution in [2.45, 2.75) is 65.7 Å². The summed E-state index contributed by atoms with van der Waals surface area (Å²) >= 11 is 0. The predicted octanol–water partition coefficient (Wildman–Crippen LogP) is 3.29. The molecule has 0 fully saturated rings. The number of aromatic nitrogens is 2. The fraction of sp³-hybridized carbons (Fsp3) is 0.520. The molecule has 0 saturated heterocycles. The van der Waals surface area contributed by atoms with Gasteiger partial charge in [-0.25, -0.2) is 9.59 Å². The molecule has 0 spiro atoms. The van der Waals surface area contributed by atoms with Gasteiger partial charge in [0.15, 0.2) is 0 Å². The quantitative estimate of drug-likeness (QED) is 0.360. The second-order valence-electron chi connectivity index (χ2n) is 10.5. The van der Waals surface area contributed by atoms with E-state index in [4.69, 9.17) is 9.47 Å². The Kier molecular flexibility index (Phi) is 9.09. The fourth-order valence-electron chi connectivity index (χ4n) is 2.97. The number of aliphatic carboxylic acids is 1. The van der Waals surface area contributed by atoms with Gasteiger partial charge in [0, 0.05) is 30.4 Å². The third kappa shape index (κ3) is 8.26. The average molecular weight is 505 g/mol. The van der Waals surface area contributed by atoms with Crippen LogP contribution < -0.4 is 15.4 Å². The second kappa shape index (κ2) is 11.4. The zero-order valence-corrected chi connectivity index (χ0v) is 21.6. The summed E-state index contributed by atoms with van der Waals surface area (Å²) < 4.78 is 12.3. The first kappa shape index (κ1) is 28.6. The molecular weight excluding hydrogens is 468 g/mol. The van der Waals surface area contributed by atoms with Crippen LogP contribution in [0.2, 0.25) is 0 Å². The zero-order chi connectivity index (χ0) is 27.1. The number of hydrogen-bond donors (Lipinski definition) is 4. The van der Waals surface area contributed by atoms with Gasteiger partial charge in [-0.1, -0.05) is 20.8 Å². The minimum atomic E-state index is -2.06. The largest absolute Gasteiger partial charge is 0.490 e. The summed E-state index contributed by atoms with van der Waals surface area (Å²) in [5, 5.41) is 29.5. The highest BCUT2D eigenvalue weighted by atomic mass is 16.6. The van der Waals surface area contributed by atoms with Gasteiger partial charge in [-0.2, -0.15) is 5.10 Å². The molecule has 11 heteroatoms. The molecule has 0 radical (unpaired) electrons. The number of aryl methyl sites for hydroxylation is 1. The van der Waals surface area contributed by atoms with Crippen molar-refractivity contribution in [2.24, 2.45) is 5.41 Å². The van der Waals surface area contributed by atoms with Gasteiger partial charge in [0.1, 0.15) is 18.0 Å². The van der Waals surface area contributed by atoms with E-state index >= 15 is 0 Å². The van der Waals surface area contributed by atoms with Crippen LogP contribution in [0.4, 0.5) is 10.5 Å². The van der Waals surface area contributed by atoms with Crippen LogP contribution in [0.25, 0.3) is 0 Å². The Morgan fingerprint density at radius 1 is 1.06 bits per heavy atom. The molecule has 1 aromatic carbocycles. The van der Waals surface area contributed by atoms with E-state index in [-0.39, 0.29) is 5.91 Å². The Morgan fingerprint density at radius 2 is 1.69 bits per heavy atom. The first-order valence-electron chi connectivity index (χ1n) is 11.6. The van der Waals surface area contributed by atoms with Crippen LogP contribution in [-0.2, 0) is 16.1 Å². The first-order valence-corrected chi connectivity index (χ1v) is 11.6. The van der Waals surface area contributed by atoms with Crippen LogP contribution >= 0.6 is 0 Å². The molecule has 36 heavy (non-hydrogen) atoms.